The smallest absolute Gasteiger partial charge is 0.0579 e. The first-order valence-corrected chi connectivity index (χ1v) is 7.89. The summed E-state index contributed by atoms with van der Waals surface area (Å²) in [6.45, 7) is 2.29. The van der Waals surface area contributed by atoms with E-state index in [9.17, 15) is 0 Å². The van der Waals surface area contributed by atoms with Crippen molar-refractivity contribution in [2.24, 2.45) is 17.6 Å². The van der Waals surface area contributed by atoms with Gasteiger partial charge in [-0.05, 0) is 56.8 Å². The SMILES string of the molecule is NC1CCC(NC2CC(CC3CC3)C[CH]N2)CC1. The van der Waals surface area contributed by atoms with Gasteiger partial charge in [0.25, 0.3) is 0 Å². The van der Waals surface area contributed by atoms with Gasteiger partial charge >= 0.3 is 0 Å². The lowest BCUT2D eigenvalue weighted by Crippen LogP contribution is -2.51. The summed E-state index contributed by atoms with van der Waals surface area (Å²) in [7, 11) is 0. The fourth-order valence-electron chi connectivity index (χ4n) is 3.58. The molecular weight excluding hydrogens is 222 g/mol. The molecule has 1 radical (unpaired) electrons. The van der Waals surface area contributed by atoms with Crippen molar-refractivity contribution >= 4 is 0 Å². The molecule has 1 heterocycles. The summed E-state index contributed by atoms with van der Waals surface area (Å²) in [4.78, 5) is 0. The number of piperidine rings is 1. The minimum atomic E-state index is 0.455. The van der Waals surface area contributed by atoms with Crippen molar-refractivity contribution in [3.63, 3.8) is 0 Å². The Morgan fingerprint density at radius 2 is 1.83 bits per heavy atom. The molecule has 2 atom stereocenters. The molecule has 2 saturated carbocycles. The maximum absolute atomic E-state index is 5.96. The second-order valence-corrected chi connectivity index (χ2v) is 6.72. The second kappa shape index (κ2) is 5.89. The van der Waals surface area contributed by atoms with Crippen LogP contribution in [0.2, 0.25) is 0 Å². The van der Waals surface area contributed by atoms with Crippen molar-refractivity contribution in [3.8, 4) is 0 Å². The molecule has 3 fully saturated rings. The van der Waals surface area contributed by atoms with E-state index in [-0.39, 0.29) is 0 Å². The summed E-state index contributed by atoms with van der Waals surface area (Å²) in [5, 5.41) is 7.34. The summed E-state index contributed by atoms with van der Waals surface area (Å²) >= 11 is 0. The van der Waals surface area contributed by atoms with Gasteiger partial charge in [0.1, 0.15) is 0 Å². The molecule has 0 aromatic carbocycles. The van der Waals surface area contributed by atoms with Crippen LogP contribution in [-0.4, -0.2) is 18.2 Å². The van der Waals surface area contributed by atoms with Gasteiger partial charge in [-0.15, -0.1) is 0 Å². The molecule has 0 aromatic rings. The van der Waals surface area contributed by atoms with Gasteiger partial charge in [0.05, 0.1) is 6.17 Å². The summed E-state index contributed by atoms with van der Waals surface area (Å²) in [5.41, 5.74) is 5.96. The third-order valence-corrected chi connectivity index (χ3v) is 4.91. The lowest BCUT2D eigenvalue weighted by atomic mass is 9.88. The van der Waals surface area contributed by atoms with Crippen LogP contribution in [0.3, 0.4) is 0 Å². The van der Waals surface area contributed by atoms with Crippen LogP contribution in [0.5, 0.6) is 0 Å². The van der Waals surface area contributed by atoms with Crippen LogP contribution in [0.4, 0.5) is 0 Å². The van der Waals surface area contributed by atoms with E-state index in [0.717, 1.165) is 11.8 Å². The predicted octanol–water partition coefficient (Wildman–Crippen LogP) is 2.13. The van der Waals surface area contributed by atoms with E-state index in [1.54, 1.807) is 0 Å². The summed E-state index contributed by atoms with van der Waals surface area (Å²) in [5.74, 6) is 1.98. The van der Waals surface area contributed by atoms with E-state index in [1.165, 1.54) is 57.8 Å². The average Bonchev–Trinajstić information content (AvgIpc) is 3.17. The summed E-state index contributed by atoms with van der Waals surface area (Å²) in [6.07, 6.45) is 12.4. The molecule has 18 heavy (non-hydrogen) atoms. The second-order valence-electron chi connectivity index (χ2n) is 6.72. The Morgan fingerprint density at radius 3 is 2.56 bits per heavy atom. The molecule has 3 nitrogen and oxygen atoms in total. The van der Waals surface area contributed by atoms with Gasteiger partial charge in [-0.2, -0.15) is 0 Å². The van der Waals surface area contributed by atoms with Gasteiger partial charge in [0.2, 0.25) is 0 Å². The Kier molecular flexibility index (Phi) is 4.22. The lowest BCUT2D eigenvalue weighted by Gasteiger charge is -2.35. The Balaban J connectivity index is 1.41. The van der Waals surface area contributed by atoms with E-state index < -0.39 is 0 Å². The first-order valence-electron chi connectivity index (χ1n) is 7.89. The molecule has 103 valence electrons. The molecule has 3 heteroatoms. The number of rotatable bonds is 4. The average molecular weight is 250 g/mol. The molecule has 4 N–H and O–H groups in total. The third-order valence-electron chi connectivity index (χ3n) is 4.91. The van der Waals surface area contributed by atoms with Crippen LogP contribution in [-0.2, 0) is 0 Å². The predicted molar refractivity (Wildman–Crippen MR) is 74.7 cm³/mol. The highest BCUT2D eigenvalue weighted by molar-refractivity contribution is 4.89. The zero-order chi connectivity index (χ0) is 12.4. The largest absolute Gasteiger partial charge is 0.328 e. The monoisotopic (exact) mass is 250 g/mol. The molecule has 1 aliphatic heterocycles. The molecule has 0 aromatic heterocycles. The third kappa shape index (κ3) is 3.69. The van der Waals surface area contributed by atoms with Gasteiger partial charge in [0.15, 0.2) is 0 Å². The molecule has 2 unspecified atom stereocenters. The highest BCUT2D eigenvalue weighted by Crippen LogP contribution is 2.38. The van der Waals surface area contributed by atoms with E-state index in [2.05, 4.69) is 17.2 Å². The zero-order valence-electron chi connectivity index (χ0n) is 11.4. The first-order chi connectivity index (χ1) is 8.79. The van der Waals surface area contributed by atoms with Gasteiger partial charge in [-0.25, -0.2) is 0 Å². The molecule has 2 aliphatic carbocycles. The van der Waals surface area contributed by atoms with Gasteiger partial charge in [0, 0.05) is 18.6 Å². The summed E-state index contributed by atoms with van der Waals surface area (Å²) < 4.78 is 0. The van der Waals surface area contributed by atoms with Crippen molar-refractivity contribution in [3.05, 3.63) is 6.54 Å². The molecule has 0 amide bonds. The van der Waals surface area contributed by atoms with Crippen molar-refractivity contribution in [2.45, 2.75) is 76.0 Å². The highest BCUT2D eigenvalue weighted by atomic mass is 15.1. The van der Waals surface area contributed by atoms with Crippen molar-refractivity contribution in [2.75, 3.05) is 0 Å². The maximum Gasteiger partial charge on any atom is 0.0579 e. The minimum absolute atomic E-state index is 0.455. The van der Waals surface area contributed by atoms with Crippen LogP contribution in [0, 0.1) is 18.4 Å². The van der Waals surface area contributed by atoms with Crippen LogP contribution in [0.15, 0.2) is 0 Å². The standard InChI is InChI=1S/C15H28N3/c16-13-3-5-14(6-4-13)18-15-10-12(7-8-17-15)9-11-1-2-11/h8,11-15,17-18H,1-7,9-10,16H2. The topological polar surface area (TPSA) is 50.1 Å². The van der Waals surface area contributed by atoms with Crippen molar-refractivity contribution in [1.82, 2.24) is 10.6 Å². The molecule has 0 spiro atoms. The van der Waals surface area contributed by atoms with E-state index in [1.807, 2.05) is 0 Å². The van der Waals surface area contributed by atoms with Crippen LogP contribution in [0.25, 0.3) is 0 Å². The lowest BCUT2D eigenvalue weighted by molar-refractivity contribution is 0.232. The highest BCUT2D eigenvalue weighted by Gasteiger charge is 2.30. The fourth-order valence-corrected chi connectivity index (χ4v) is 3.58. The quantitative estimate of drug-likeness (QED) is 0.716. The number of hydrogen-bond acceptors (Lipinski definition) is 3. The number of nitrogens with one attached hydrogen (secondary N) is 2. The Morgan fingerprint density at radius 1 is 1.06 bits per heavy atom. The normalized spacial score (nSPS) is 41.8. The van der Waals surface area contributed by atoms with Gasteiger partial charge in [-0.3, -0.25) is 10.6 Å². The molecule has 3 aliphatic rings. The van der Waals surface area contributed by atoms with Crippen molar-refractivity contribution < 1.29 is 0 Å². The van der Waals surface area contributed by atoms with Gasteiger partial charge < -0.3 is 5.73 Å². The molecule has 1 saturated heterocycles. The van der Waals surface area contributed by atoms with E-state index >= 15 is 0 Å². The Labute approximate surface area is 111 Å². The van der Waals surface area contributed by atoms with Crippen LogP contribution in [0.1, 0.15) is 57.8 Å². The van der Waals surface area contributed by atoms with Crippen LogP contribution >= 0.6 is 0 Å². The maximum atomic E-state index is 5.96. The summed E-state index contributed by atoms with van der Waals surface area (Å²) in [6, 6.07) is 1.15. The van der Waals surface area contributed by atoms with E-state index in [4.69, 9.17) is 5.73 Å². The Bertz CT molecular complexity index is 256. The fraction of sp³-hybridized carbons (Fsp3) is 0.933. The number of nitrogens with two attached hydrogens (primary N) is 1. The van der Waals surface area contributed by atoms with E-state index in [0.29, 0.717) is 18.2 Å². The minimum Gasteiger partial charge on any atom is -0.328 e. The van der Waals surface area contributed by atoms with Gasteiger partial charge in [-0.1, -0.05) is 12.8 Å². The molecule has 3 rings (SSSR count). The Hall–Kier alpha value is -0.120. The van der Waals surface area contributed by atoms with Crippen molar-refractivity contribution in [1.29, 1.82) is 0 Å². The molecule has 0 bridgehead atoms. The van der Waals surface area contributed by atoms with Crippen LogP contribution < -0.4 is 16.4 Å². The number of hydrogen-bond donors (Lipinski definition) is 3. The zero-order valence-corrected chi connectivity index (χ0v) is 11.4. The molecular formula is C15H28N3. The first kappa shape index (κ1) is 12.9.